The van der Waals surface area contributed by atoms with Crippen LogP contribution in [-0.4, -0.2) is 20.7 Å². The van der Waals surface area contributed by atoms with Gasteiger partial charge in [-0.25, -0.2) is 8.42 Å². The van der Waals surface area contributed by atoms with E-state index < -0.39 is 9.84 Å². The predicted molar refractivity (Wildman–Crippen MR) is 91.0 cm³/mol. The van der Waals surface area contributed by atoms with Crippen molar-refractivity contribution in [2.45, 2.75) is 63.3 Å². The fourth-order valence-electron chi connectivity index (χ4n) is 2.24. The Kier molecular flexibility index (Phi) is 7.53. The van der Waals surface area contributed by atoms with Crippen molar-refractivity contribution in [3.8, 4) is 0 Å². The zero-order valence-corrected chi connectivity index (χ0v) is 14.7. The lowest BCUT2D eigenvalue weighted by Crippen LogP contribution is -2.15. The third kappa shape index (κ3) is 6.70. The van der Waals surface area contributed by atoms with Crippen molar-refractivity contribution in [1.82, 2.24) is 0 Å². The van der Waals surface area contributed by atoms with Crippen LogP contribution in [0.3, 0.4) is 0 Å². The minimum Gasteiger partial charge on any atom is -0.381 e. The first-order valence-electron chi connectivity index (χ1n) is 7.60. The Morgan fingerprint density at radius 3 is 2.48 bits per heavy atom. The SMILES string of the molecule is CCCCCCCC(C)Nc1cc(S(C)(=O)=O)ccc1Cl. The Morgan fingerprint density at radius 2 is 1.86 bits per heavy atom. The van der Waals surface area contributed by atoms with Gasteiger partial charge in [0.1, 0.15) is 0 Å². The lowest BCUT2D eigenvalue weighted by Gasteiger charge is -2.17. The predicted octanol–water partition coefficient (Wildman–Crippen LogP) is 4.90. The molecule has 1 atom stereocenters. The van der Waals surface area contributed by atoms with Crippen molar-refractivity contribution in [1.29, 1.82) is 0 Å². The number of unbranched alkanes of at least 4 members (excludes halogenated alkanes) is 4. The summed E-state index contributed by atoms with van der Waals surface area (Å²) in [4.78, 5) is 0.296. The molecule has 5 heteroatoms. The van der Waals surface area contributed by atoms with Crippen LogP contribution in [0.2, 0.25) is 5.02 Å². The molecule has 1 aromatic carbocycles. The van der Waals surface area contributed by atoms with Gasteiger partial charge >= 0.3 is 0 Å². The number of rotatable bonds is 9. The largest absolute Gasteiger partial charge is 0.381 e. The first kappa shape index (κ1) is 18.3. The summed E-state index contributed by atoms with van der Waals surface area (Å²) in [6, 6.07) is 5.07. The van der Waals surface area contributed by atoms with Crippen LogP contribution in [0.15, 0.2) is 23.1 Å². The standard InChI is InChI=1S/C16H26ClNO2S/c1-4-5-6-7-8-9-13(2)18-16-12-14(21(3,19)20)10-11-15(16)17/h10-13,18H,4-9H2,1-3H3. The Labute approximate surface area is 134 Å². The van der Waals surface area contributed by atoms with Gasteiger partial charge in [0.05, 0.1) is 15.6 Å². The molecule has 0 fully saturated rings. The quantitative estimate of drug-likeness (QED) is 0.654. The van der Waals surface area contributed by atoms with E-state index in [1.54, 1.807) is 12.1 Å². The minimum absolute atomic E-state index is 0.277. The fraction of sp³-hybridized carbons (Fsp3) is 0.625. The molecule has 0 aliphatic heterocycles. The molecule has 1 unspecified atom stereocenters. The lowest BCUT2D eigenvalue weighted by molar-refractivity contribution is 0.578. The Bertz CT molecular complexity index is 543. The second-order valence-electron chi connectivity index (χ2n) is 5.66. The molecule has 0 aliphatic rings. The number of hydrogen-bond donors (Lipinski definition) is 1. The Hall–Kier alpha value is -0.740. The summed E-state index contributed by atoms with van der Waals surface area (Å²) in [5.41, 5.74) is 0.695. The summed E-state index contributed by atoms with van der Waals surface area (Å²) in [6.07, 6.45) is 8.52. The summed E-state index contributed by atoms with van der Waals surface area (Å²) < 4.78 is 23.2. The lowest BCUT2D eigenvalue weighted by atomic mass is 10.1. The van der Waals surface area contributed by atoms with Gasteiger partial charge in [-0.1, -0.05) is 50.6 Å². The van der Waals surface area contributed by atoms with Crippen LogP contribution >= 0.6 is 11.6 Å². The van der Waals surface area contributed by atoms with E-state index in [0.29, 0.717) is 15.6 Å². The first-order chi connectivity index (χ1) is 9.84. The molecule has 0 saturated carbocycles. The molecule has 21 heavy (non-hydrogen) atoms. The molecule has 120 valence electrons. The number of anilines is 1. The summed E-state index contributed by atoms with van der Waals surface area (Å²) in [5.74, 6) is 0. The number of nitrogens with one attached hydrogen (secondary N) is 1. The highest BCUT2D eigenvalue weighted by atomic mass is 35.5. The van der Waals surface area contributed by atoms with Gasteiger partial charge in [0.25, 0.3) is 0 Å². The smallest absolute Gasteiger partial charge is 0.175 e. The maximum atomic E-state index is 11.6. The molecule has 0 aliphatic carbocycles. The summed E-state index contributed by atoms with van der Waals surface area (Å²) in [5, 5.41) is 3.87. The molecule has 3 nitrogen and oxygen atoms in total. The van der Waals surface area contributed by atoms with Crippen molar-refractivity contribution in [3.63, 3.8) is 0 Å². The van der Waals surface area contributed by atoms with E-state index in [2.05, 4.69) is 19.2 Å². The van der Waals surface area contributed by atoms with Crippen LogP contribution in [-0.2, 0) is 9.84 Å². The molecule has 0 bridgehead atoms. The van der Waals surface area contributed by atoms with Crippen LogP contribution < -0.4 is 5.32 Å². The van der Waals surface area contributed by atoms with Crippen LogP contribution in [0, 0.1) is 0 Å². The molecule has 0 amide bonds. The Morgan fingerprint density at radius 1 is 1.19 bits per heavy atom. The fourth-order valence-corrected chi connectivity index (χ4v) is 3.06. The van der Waals surface area contributed by atoms with Gasteiger partial charge in [0.15, 0.2) is 9.84 Å². The molecule has 0 heterocycles. The third-order valence-electron chi connectivity index (χ3n) is 3.51. The normalized spacial score (nSPS) is 13.1. The van der Waals surface area contributed by atoms with Crippen LogP contribution in [0.5, 0.6) is 0 Å². The molecule has 1 rings (SSSR count). The number of halogens is 1. The molecule has 0 saturated heterocycles. The molecular formula is C16H26ClNO2S. The van der Waals surface area contributed by atoms with E-state index in [1.807, 2.05) is 0 Å². The maximum absolute atomic E-state index is 11.6. The van der Waals surface area contributed by atoms with Gasteiger partial charge in [-0.2, -0.15) is 0 Å². The van der Waals surface area contributed by atoms with E-state index in [-0.39, 0.29) is 6.04 Å². The van der Waals surface area contributed by atoms with Gasteiger partial charge in [-0.15, -0.1) is 0 Å². The average Bonchev–Trinajstić information content (AvgIpc) is 2.40. The van der Waals surface area contributed by atoms with E-state index in [4.69, 9.17) is 11.6 Å². The van der Waals surface area contributed by atoms with Crippen LogP contribution in [0.1, 0.15) is 52.4 Å². The second-order valence-corrected chi connectivity index (χ2v) is 8.09. The van der Waals surface area contributed by atoms with Gasteiger partial charge in [-0.05, 0) is 31.5 Å². The van der Waals surface area contributed by atoms with Crippen molar-refractivity contribution >= 4 is 27.1 Å². The first-order valence-corrected chi connectivity index (χ1v) is 9.87. The molecule has 0 spiro atoms. The average molecular weight is 332 g/mol. The molecular weight excluding hydrogens is 306 g/mol. The highest BCUT2D eigenvalue weighted by Gasteiger charge is 2.11. The van der Waals surface area contributed by atoms with Gasteiger partial charge < -0.3 is 5.32 Å². The minimum atomic E-state index is -3.20. The third-order valence-corrected chi connectivity index (χ3v) is 4.95. The van der Waals surface area contributed by atoms with Crippen LogP contribution in [0.25, 0.3) is 0 Å². The zero-order chi connectivity index (χ0) is 15.9. The van der Waals surface area contributed by atoms with Gasteiger partial charge in [-0.3, -0.25) is 0 Å². The highest BCUT2D eigenvalue weighted by molar-refractivity contribution is 7.90. The highest BCUT2D eigenvalue weighted by Crippen LogP contribution is 2.26. The number of hydrogen-bond acceptors (Lipinski definition) is 3. The molecule has 1 aromatic rings. The summed E-state index contributed by atoms with van der Waals surface area (Å²) >= 11 is 6.14. The molecule has 0 radical (unpaired) electrons. The number of benzene rings is 1. The molecule has 1 N–H and O–H groups in total. The van der Waals surface area contributed by atoms with Crippen molar-refractivity contribution in [2.24, 2.45) is 0 Å². The van der Waals surface area contributed by atoms with Crippen molar-refractivity contribution < 1.29 is 8.42 Å². The summed E-state index contributed by atoms with van der Waals surface area (Å²) in [7, 11) is -3.20. The second kappa shape index (κ2) is 8.64. The summed E-state index contributed by atoms with van der Waals surface area (Å²) in [6.45, 7) is 4.31. The topological polar surface area (TPSA) is 46.2 Å². The molecule has 0 aromatic heterocycles. The van der Waals surface area contributed by atoms with Crippen molar-refractivity contribution in [3.05, 3.63) is 23.2 Å². The maximum Gasteiger partial charge on any atom is 0.175 e. The zero-order valence-electron chi connectivity index (χ0n) is 13.2. The van der Waals surface area contributed by atoms with Gasteiger partial charge in [0, 0.05) is 12.3 Å². The van der Waals surface area contributed by atoms with E-state index >= 15 is 0 Å². The Balaban J connectivity index is 2.57. The van der Waals surface area contributed by atoms with E-state index in [1.165, 1.54) is 44.4 Å². The van der Waals surface area contributed by atoms with Crippen LogP contribution in [0.4, 0.5) is 5.69 Å². The van der Waals surface area contributed by atoms with Crippen molar-refractivity contribution in [2.75, 3.05) is 11.6 Å². The van der Waals surface area contributed by atoms with Gasteiger partial charge in [0.2, 0.25) is 0 Å². The van der Waals surface area contributed by atoms with E-state index in [0.717, 1.165) is 6.42 Å². The van der Waals surface area contributed by atoms with E-state index in [9.17, 15) is 8.42 Å². The number of sulfone groups is 1. The monoisotopic (exact) mass is 331 g/mol.